The number of hydrogen-bond donors (Lipinski definition) is 1. The first kappa shape index (κ1) is 12.0. The molecule has 0 atom stereocenters. The van der Waals surface area contributed by atoms with Crippen molar-refractivity contribution in [1.29, 1.82) is 0 Å². The maximum absolute atomic E-state index is 6.05. The molecular formula is C13H16ClN3. The van der Waals surface area contributed by atoms with Crippen molar-refractivity contribution in [1.82, 2.24) is 9.78 Å². The number of halogens is 1. The highest BCUT2D eigenvalue weighted by molar-refractivity contribution is 6.30. The summed E-state index contributed by atoms with van der Waals surface area (Å²) in [5, 5.41) is 5.19. The highest BCUT2D eigenvalue weighted by Crippen LogP contribution is 2.33. The van der Waals surface area contributed by atoms with Gasteiger partial charge in [-0.05, 0) is 18.1 Å². The fraction of sp³-hybridized carbons (Fsp3) is 0.308. The minimum Gasteiger partial charge on any atom is -0.384 e. The van der Waals surface area contributed by atoms with Gasteiger partial charge < -0.3 is 5.73 Å². The average molecular weight is 250 g/mol. The number of aromatic nitrogens is 2. The smallest absolute Gasteiger partial charge is 0.125 e. The Kier molecular flexibility index (Phi) is 3.11. The first-order valence-electron chi connectivity index (χ1n) is 5.59. The minimum absolute atomic E-state index is 0.331. The quantitative estimate of drug-likeness (QED) is 0.886. The minimum atomic E-state index is 0.331. The lowest BCUT2D eigenvalue weighted by Crippen LogP contribution is -2.00. The van der Waals surface area contributed by atoms with Gasteiger partial charge in [-0.1, -0.05) is 37.6 Å². The largest absolute Gasteiger partial charge is 0.384 e. The van der Waals surface area contributed by atoms with Gasteiger partial charge in [0.05, 0.1) is 5.69 Å². The van der Waals surface area contributed by atoms with E-state index in [1.54, 1.807) is 4.68 Å². The molecule has 0 unspecified atom stereocenters. The van der Waals surface area contributed by atoms with Crippen LogP contribution >= 0.6 is 11.6 Å². The summed E-state index contributed by atoms with van der Waals surface area (Å²) in [7, 11) is 1.86. The van der Waals surface area contributed by atoms with Crippen molar-refractivity contribution < 1.29 is 0 Å². The molecule has 0 spiro atoms. The molecule has 2 rings (SSSR count). The Hall–Kier alpha value is -1.48. The van der Waals surface area contributed by atoms with Crippen molar-refractivity contribution in [2.75, 3.05) is 5.73 Å². The van der Waals surface area contributed by atoms with Crippen LogP contribution in [0.2, 0.25) is 5.02 Å². The molecule has 0 bridgehead atoms. The van der Waals surface area contributed by atoms with Gasteiger partial charge in [-0.15, -0.1) is 0 Å². The van der Waals surface area contributed by atoms with Crippen LogP contribution in [0.15, 0.2) is 24.3 Å². The van der Waals surface area contributed by atoms with E-state index in [4.69, 9.17) is 17.3 Å². The molecule has 0 saturated heterocycles. The molecule has 2 aromatic rings. The summed E-state index contributed by atoms with van der Waals surface area (Å²) in [5.74, 6) is 1.05. The van der Waals surface area contributed by atoms with E-state index in [1.165, 1.54) is 0 Å². The van der Waals surface area contributed by atoms with Gasteiger partial charge in [0, 0.05) is 23.2 Å². The second kappa shape index (κ2) is 4.41. The van der Waals surface area contributed by atoms with Gasteiger partial charge in [0.1, 0.15) is 5.82 Å². The molecular weight excluding hydrogens is 234 g/mol. The number of aryl methyl sites for hydroxylation is 1. The van der Waals surface area contributed by atoms with Crippen LogP contribution in [0.4, 0.5) is 5.82 Å². The van der Waals surface area contributed by atoms with E-state index in [0.717, 1.165) is 22.6 Å². The van der Waals surface area contributed by atoms with Crippen LogP contribution in [0.5, 0.6) is 0 Å². The van der Waals surface area contributed by atoms with Crippen molar-refractivity contribution in [3.63, 3.8) is 0 Å². The summed E-state index contributed by atoms with van der Waals surface area (Å²) in [6.07, 6.45) is 0. The van der Waals surface area contributed by atoms with Gasteiger partial charge in [-0.25, -0.2) is 0 Å². The Bertz CT molecular complexity index is 544. The second-order valence-corrected chi connectivity index (χ2v) is 4.87. The molecule has 0 aliphatic heterocycles. The van der Waals surface area contributed by atoms with Crippen molar-refractivity contribution in [2.45, 2.75) is 19.8 Å². The van der Waals surface area contributed by atoms with E-state index < -0.39 is 0 Å². The molecule has 1 aromatic carbocycles. The molecule has 2 N–H and O–H groups in total. The molecule has 0 saturated carbocycles. The molecule has 1 heterocycles. The zero-order chi connectivity index (χ0) is 12.6. The third kappa shape index (κ3) is 2.15. The molecule has 0 aliphatic carbocycles. The van der Waals surface area contributed by atoms with E-state index in [1.807, 2.05) is 31.3 Å². The van der Waals surface area contributed by atoms with Gasteiger partial charge in [0.2, 0.25) is 0 Å². The highest BCUT2D eigenvalue weighted by atomic mass is 35.5. The number of nitrogen functional groups attached to an aromatic ring is 1. The Morgan fingerprint density at radius 1 is 1.35 bits per heavy atom. The highest BCUT2D eigenvalue weighted by Gasteiger charge is 2.18. The topological polar surface area (TPSA) is 43.8 Å². The van der Waals surface area contributed by atoms with Gasteiger partial charge in [0.15, 0.2) is 0 Å². The second-order valence-electron chi connectivity index (χ2n) is 4.44. The van der Waals surface area contributed by atoms with Gasteiger partial charge in [0.25, 0.3) is 0 Å². The monoisotopic (exact) mass is 249 g/mol. The van der Waals surface area contributed by atoms with E-state index in [0.29, 0.717) is 10.9 Å². The maximum Gasteiger partial charge on any atom is 0.125 e. The van der Waals surface area contributed by atoms with Gasteiger partial charge >= 0.3 is 0 Å². The lowest BCUT2D eigenvalue weighted by atomic mass is 9.99. The summed E-state index contributed by atoms with van der Waals surface area (Å²) < 4.78 is 1.71. The van der Waals surface area contributed by atoms with Crippen LogP contribution in [0, 0.1) is 0 Å². The predicted octanol–water partition coefficient (Wildman–Crippen LogP) is 3.45. The van der Waals surface area contributed by atoms with E-state index in [9.17, 15) is 0 Å². The number of anilines is 1. The molecule has 0 amide bonds. The van der Waals surface area contributed by atoms with Crippen molar-refractivity contribution >= 4 is 17.4 Å². The SMILES string of the molecule is CC(C)c1c(-c2cccc(Cl)c2)nn(C)c1N. The molecule has 1 aromatic heterocycles. The first-order valence-corrected chi connectivity index (χ1v) is 5.96. The van der Waals surface area contributed by atoms with Crippen LogP contribution in [0.25, 0.3) is 11.3 Å². The average Bonchev–Trinajstić information content (AvgIpc) is 2.55. The van der Waals surface area contributed by atoms with Gasteiger partial charge in [-0.2, -0.15) is 5.10 Å². The number of nitrogens with two attached hydrogens (primary N) is 1. The Balaban J connectivity index is 2.63. The molecule has 3 nitrogen and oxygen atoms in total. The summed E-state index contributed by atoms with van der Waals surface area (Å²) in [4.78, 5) is 0. The zero-order valence-electron chi connectivity index (χ0n) is 10.2. The molecule has 90 valence electrons. The van der Waals surface area contributed by atoms with Crippen LogP contribution in [-0.4, -0.2) is 9.78 Å². The first-order chi connectivity index (χ1) is 8.00. The standard InChI is InChI=1S/C13H16ClN3/c1-8(2)11-12(16-17(3)13(11)15)9-5-4-6-10(14)7-9/h4-8H,15H2,1-3H3. The number of benzene rings is 1. The summed E-state index contributed by atoms with van der Waals surface area (Å²) in [5.41, 5.74) is 9.05. The normalized spacial score (nSPS) is 11.1. The predicted molar refractivity (Wildman–Crippen MR) is 72.2 cm³/mol. The molecule has 17 heavy (non-hydrogen) atoms. The van der Waals surface area contributed by atoms with E-state index in [-0.39, 0.29) is 0 Å². The Morgan fingerprint density at radius 2 is 2.06 bits per heavy atom. The maximum atomic E-state index is 6.05. The summed E-state index contributed by atoms with van der Waals surface area (Å²) in [6, 6.07) is 7.69. The van der Waals surface area contributed by atoms with E-state index in [2.05, 4.69) is 18.9 Å². The molecule has 0 aliphatic rings. The van der Waals surface area contributed by atoms with Crippen LogP contribution in [0.3, 0.4) is 0 Å². The fourth-order valence-electron chi connectivity index (χ4n) is 1.97. The summed E-state index contributed by atoms with van der Waals surface area (Å²) >= 11 is 6.01. The van der Waals surface area contributed by atoms with Crippen molar-refractivity contribution in [2.24, 2.45) is 7.05 Å². The number of rotatable bonds is 2. The zero-order valence-corrected chi connectivity index (χ0v) is 11.0. The van der Waals surface area contributed by atoms with Crippen molar-refractivity contribution in [3.05, 3.63) is 34.9 Å². The molecule has 0 fully saturated rings. The molecule has 4 heteroatoms. The number of nitrogens with zero attached hydrogens (tertiary/aromatic N) is 2. The van der Waals surface area contributed by atoms with Crippen LogP contribution in [-0.2, 0) is 7.05 Å². The van der Waals surface area contributed by atoms with Gasteiger partial charge in [-0.3, -0.25) is 4.68 Å². The Labute approximate surface area is 106 Å². The molecule has 0 radical (unpaired) electrons. The van der Waals surface area contributed by atoms with Crippen molar-refractivity contribution in [3.8, 4) is 11.3 Å². The van der Waals surface area contributed by atoms with Crippen LogP contribution in [0.1, 0.15) is 25.3 Å². The lowest BCUT2D eigenvalue weighted by molar-refractivity contribution is 0.780. The summed E-state index contributed by atoms with van der Waals surface area (Å²) in [6.45, 7) is 4.23. The van der Waals surface area contributed by atoms with E-state index >= 15 is 0 Å². The third-order valence-corrected chi connectivity index (χ3v) is 3.04. The number of hydrogen-bond acceptors (Lipinski definition) is 2. The third-order valence-electron chi connectivity index (χ3n) is 2.81. The fourth-order valence-corrected chi connectivity index (χ4v) is 2.16. The Morgan fingerprint density at radius 3 is 2.65 bits per heavy atom. The van der Waals surface area contributed by atoms with Crippen LogP contribution < -0.4 is 5.73 Å². The lowest BCUT2D eigenvalue weighted by Gasteiger charge is -2.07.